The highest BCUT2D eigenvalue weighted by molar-refractivity contribution is 9.10. The summed E-state index contributed by atoms with van der Waals surface area (Å²) in [5, 5.41) is 8.27. The number of hydrogen-bond acceptors (Lipinski definition) is 9. The van der Waals surface area contributed by atoms with E-state index in [-0.39, 0.29) is 41.3 Å². The van der Waals surface area contributed by atoms with Crippen LogP contribution in [0, 0.1) is 31.6 Å². The quantitative estimate of drug-likeness (QED) is 0.211. The van der Waals surface area contributed by atoms with Crippen LogP contribution in [0.25, 0.3) is 22.2 Å². The van der Waals surface area contributed by atoms with Crippen molar-refractivity contribution in [1.82, 2.24) is 39.5 Å². The van der Waals surface area contributed by atoms with E-state index in [2.05, 4.69) is 46.2 Å². The van der Waals surface area contributed by atoms with Crippen molar-refractivity contribution >= 4 is 50.2 Å². The summed E-state index contributed by atoms with van der Waals surface area (Å²) in [6.45, 7) is 10.0. The third-order valence-corrected chi connectivity index (χ3v) is 11.0. The van der Waals surface area contributed by atoms with Crippen molar-refractivity contribution < 1.29 is 14.4 Å². The zero-order valence-corrected chi connectivity index (χ0v) is 28.5. The number of aromatic nitrogens is 6. The highest BCUT2D eigenvalue weighted by Crippen LogP contribution is 2.62. The van der Waals surface area contributed by atoms with E-state index in [9.17, 15) is 14.4 Å². The van der Waals surface area contributed by atoms with Gasteiger partial charge in [-0.2, -0.15) is 5.10 Å². The third kappa shape index (κ3) is 5.23. The second-order valence-electron chi connectivity index (χ2n) is 14.1. The molecule has 0 unspecified atom stereocenters. The molecule has 4 aromatic heterocycles. The van der Waals surface area contributed by atoms with E-state index in [1.165, 1.54) is 19.8 Å². The van der Waals surface area contributed by atoms with Crippen molar-refractivity contribution in [2.24, 2.45) is 10.8 Å². The maximum atomic E-state index is 14.3. The van der Waals surface area contributed by atoms with Gasteiger partial charge in [0.05, 0.1) is 16.9 Å². The van der Waals surface area contributed by atoms with E-state index in [0.717, 1.165) is 37.2 Å². The second kappa shape index (κ2) is 10.7. The fourth-order valence-corrected chi connectivity index (χ4v) is 8.19. The summed E-state index contributed by atoms with van der Waals surface area (Å²) in [5.41, 5.74) is 4.13. The van der Waals surface area contributed by atoms with Crippen LogP contribution in [0.1, 0.15) is 60.2 Å². The summed E-state index contributed by atoms with van der Waals surface area (Å²) in [6.07, 6.45) is 7.50. The molecule has 242 valence electrons. The molecule has 0 bridgehead atoms. The number of Topliss-reactive ketones (excluding diaryl/α,β-unsaturated/α-hetero) is 1. The molecule has 13 heteroatoms. The highest BCUT2D eigenvalue weighted by atomic mass is 79.9. The van der Waals surface area contributed by atoms with Crippen LogP contribution in [0.5, 0.6) is 0 Å². The average Bonchev–Trinajstić information content (AvgIpc) is 3.88. The van der Waals surface area contributed by atoms with Crippen LogP contribution in [-0.2, 0) is 16.1 Å². The molecule has 4 aliphatic rings. The molecule has 0 radical (unpaired) electrons. The zero-order chi connectivity index (χ0) is 32.8. The number of piperidine rings is 1. The molecule has 3 atom stereocenters. The topological polar surface area (TPSA) is 139 Å². The van der Waals surface area contributed by atoms with Gasteiger partial charge < -0.3 is 15.1 Å². The first-order valence-corrected chi connectivity index (χ1v) is 16.9. The Labute approximate surface area is 280 Å². The molecule has 1 N–H and O–H groups in total. The molecule has 47 heavy (non-hydrogen) atoms. The number of anilines is 1. The number of fused-ring (bicyclic) bond motifs is 2. The van der Waals surface area contributed by atoms with Gasteiger partial charge >= 0.3 is 0 Å². The molecule has 2 saturated carbocycles. The number of carbonyl (C=O) groups excluding carboxylic acids is 3. The van der Waals surface area contributed by atoms with Gasteiger partial charge in [-0.3, -0.25) is 24.0 Å². The Kier molecular flexibility index (Phi) is 6.89. The molecule has 2 saturated heterocycles. The smallest absolute Gasteiger partial charge is 0.248 e. The highest BCUT2D eigenvalue weighted by Gasteiger charge is 2.68. The summed E-state index contributed by atoms with van der Waals surface area (Å²) >= 11 is 3.40. The molecule has 4 fully saturated rings. The van der Waals surface area contributed by atoms with Gasteiger partial charge in [-0.05, 0) is 85.5 Å². The number of nitrogens with one attached hydrogen (secondary N) is 1. The van der Waals surface area contributed by atoms with Gasteiger partial charge in [0, 0.05) is 61.4 Å². The van der Waals surface area contributed by atoms with Gasteiger partial charge in [-0.1, -0.05) is 6.07 Å². The molecule has 2 amide bonds. The number of aryl methyl sites for hydroxylation is 3. The number of halogens is 1. The lowest BCUT2D eigenvalue weighted by Gasteiger charge is -2.42. The molecule has 12 nitrogen and oxygen atoms in total. The fraction of sp³-hybridized carbons (Fsp3) is 0.471. The largest absolute Gasteiger partial charge is 0.325 e. The van der Waals surface area contributed by atoms with Gasteiger partial charge in [-0.15, -0.1) is 0 Å². The Hall–Kier alpha value is -4.10. The minimum Gasteiger partial charge on any atom is -0.325 e. The molecule has 6 heterocycles. The maximum Gasteiger partial charge on any atom is 0.248 e. The number of ketones is 1. The molecule has 8 rings (SSSR count). The molecule has 1 spiro atoms. The Morgan fingerprint density at radius 2 is 1.79 bits per heavy atom. The van der Waals surface area contributed by atoms with Crippen LogP contribution in [0.3, 0.4) is 0 Å². The van der Waals surface area contributed by atoms with Gasteiger partial charge in [0.2, 0.25) is 11.8 Å². The molecule has 4 aromatic rings. The Balaban J connectivity index is 1.10. The third-order valence-electron chi connectivity index (χ3n) is 10.5. The van der Waals surface area contributed by atoms with Gasteiger partial charge in [0.15, 0.2) is 5.78 Å². The minimum absolute atomic E-state index is 0.0282. The monoisotopic (exact) mass is 697 g/mol. The number of hydrogen-bond donors (Lipinski definition) is 1. The fourth-order valence-electron chi connectivity index (χ4n) is 7.88. The predicted molar refractivity (Wildman–Crippen MR) is 178 cm³/mol. The molecule has 2 aliphatic carbocycles. The average molecular weight is 699 g/mol. The van der Waals surface area contributed by atoms with Gasteiger partial charge in [0.25, 0.3) is 0 Å². The van der Waals surface area contributed by atoms with Crippen molar-refractivity contribution in [2.75, 3.05) is 25.0 Å². The predicted octanol–water partition coefficient (Wildman–Crippen LogP) is 4.27. The van der Waals surface area contributed by atoms with Crippen LogP contribution in [-0.4, -0.2) is 88.8 Å². The summed E-state index contributed by atoms with van der Waals surface area (Å²) in [6, 6.07) is 4.87. The van der Waals surface area contributed by atoms with E-state index in [0.29, 0.717) is 50.4 Å². The molecule has 0 aromatic carbocycles. The van der Waals surface area contributed by atoms with E-state index in [1.54, 1.807) is 22.0 Å². The van der Waals surface area contributed by atoms with Crippen molar-refractivity contribution in [1.29, 1.82) is 0 Å². The lowest BCUT2D eigenvalue weighted by Crippen LogP contribution is -2.50. The van der Waals surface area contributed by atoms with E-state index < -0.39 is 6.04 Å². The van der Waals surface area contributed by atoms with Crippen molar-refractivity contribution in [2.45, 2.75) is 72.0 Å². The summed E-state index contributed by atoms with van der Waals surface area (Å²) in [4.78, 5) is 63.2. The Bertz CT molecular complexity index is 1980. The van der Waals surface area contributed by atoms with Crippen LogP contribution < -0.4 is 5.32 Å². The number of rotatable bonds is 8. The molecule has 2 aliphatic heterocycles. The number of carbonyl (C=O) groups is 3. The van der Waals surface area contributed by atoms with E-state index in [1.807, 2.05) is 39.0 Å². The van der Waals surface area contributed by atoms with Crippen LogP contribution >= 0.6 is 15.9 Å². The lowest BCUT2D eigenvalue weighted by molar-refractivity contribution is -0.138. The molecular weight excluding hydrogens is 662 g/mol. The van der Waals surface area contributed by atoms with Crippen LogP contribution in [0.4, 0.5) is 5.82 Å². The van der Waals surface area contributed by atoms with Crippen LogP contribution in [0.2, 0.25) is 0 Å². The lowest BCUT2D eigenvalue weighted by atomic mass is 9.91. The summed E-state index contributed by atoms with van der Waals surface area (Å²) < 4.78 is 2.20. The zero-order valence-electron chi connectivity index (χ0n) is 26.9. The van der Waals surface area contributed by atoms with Gasteiger partial charge in [0.1, 0.15) is 34.5 Å². The Morgan fingerprint density at radius 1 is 1.04 bits per heavy atom. The number of likely N-dealkylation sites (tertiary alicyclic amines) is 2. The van der Waals surface area contributed by atoms with Crippen molar-refractivity contribution in [3.8, 4) is 11.3 Å². The van der Waals surface area contributed by atoms with Crippen molar-refractivity contribution in [3.05, 3.63) is 58.0 Å². The van der Waals surface area contributed by atoms with Crippen LogP contribution in [0.15, 0.2) is 35.2 Å². The van der Waals surface area contributed by atoms with Crippen molar-refractivity contribution in [3.63, 3.8) is 0 Å². The number of amides is 2. The number of pyridine rings is 2. The first kappa shape index (κ1) is 30.2. The summed E-state index contributed by atoms with van der Waals surface area (Å²) in [5.74, 6) is 0.475. The molecular formula is C34H36BrN9O3. The minimum atomic E-state index is -0.640. The maximum absolute atomic E-state index is 14.3. The van der Waals surface area contributed by atoms with E-state index in [4.69, 9.17) is 4.98 Å². The summed E-state index contributed by atoms with van der Waals surface area (Å²) in [7, 11) is 0. The standard InChI is InChI=1S/C34H36BrN9O3/c1-18-5-6-27(35)39-31(18)40-32(47)25-10-34(17-42-15-33(16-42)7-8-33)11-26(34)44(25)28(46)14-43-30-19(2)38-24(22-12-36-21(4)37-13-22)9-23(30)29(41-43)20(3)45/h5-6,9,12-13,25-26H,7-8,10-11,14-17H2,1-4H3,(H,39,40,47)/t25-,26+,34-/m0/s1. The van der Waals surface area contributed by atoms with Gasteiger partial charge in [-0.25, -0.2) is 15.0 Å². The Morgan fingerprint density at radius 3 is 2.49 bits per heavy atom. The normalized spacial score (nSPS) is 23.9. The first-order chi connectivity index (χ1) is 22.4. The van der Waals surface area contributed by atoms with E-state index >= 15 is 0 Å². The SMILES string of the molecule is CC(=O)c1nn(CC(=O)N2[C@H](C(=O)Nc3nc(Br)ccc3C)C[C@@]3(CN4CC5(CC5)C4)C[C@@H]23)c2c(C)nc(-c3cnc(C)nc3)cc12. The first-order valence-electron chi connectivity index (χ1n) is 16.1. The second-order valence-corrected chi connectivity index (χ2v) is 14.9. The number of nitrogens with zero attached hydrogens (tertiary/aromatic N) is 8.